The van der Waals surface area contributed by atoms with E-state index in [0.717, 1.165) is 19.3 Å². The van der Waals surface area contributed by atoms with Gasteiger partial charge in [-0.05, 0) is 18.9 Å². The van der Waals surface area contributed by atoms with Crippen LogP contribution in [0.4, 0.5) is 5.82 Å². The molecular formula is C12H17N3O3. The number of hydrogen-bond donors (Lipinski definition) is 2. The van der Waals surface area contributed by atoms with Crippen molar-refractivity contribution in [1.29, 1.82) is 0 Å². The quantitative estimate of drug-likeness (QED) is 0.771. The van der Waals surface area contributed by atoms with Crippen LogP contribution in [0.15, 0.2) is 12.3 Å². The Morgan fingerprint density at radius 3 is 3.11 bits per heavy atom. The smallest absolute Gasteiger partial charge is 0.376 e. The molecule has 1 aliphatic rings. The topological polar surface area (TPSA) is 84.3 Å². The van der Waals surface area contributed by atoms with Crippen molar-refractivity contribution in [3.8, 4) is 0 Å². The third kappa shape index (κ3) is 2.95. The number of aliphatic hydroxyl groups excluding tert-OH is 1. The van der Waals surface area contributed by atoms with Gasteiger partial charge in [0.05, 0.1) is 13.2 Å². The van der Waals surface area contributed by atoms with Gasteiger partial charge in [0.15, 0.2) is 0 Å². The number of anilines is 1. The summed E-state index contributed by atoms with van der Waals surface area (Å²) in [5, 5.41) is 12.8. The van der Waals surface area contributed by atoms with Crippen LogP contribution in [0.25, 0.3) is 0 Å². The zero-order chi connectivity index (χ0) is 13.0. The first kappa shape index (κ1) is 12.8. The maximum absolute atomic E-state index is 11.3. The van der Waals surface area contributed by atoms with E-state index in [4.69, 9.17) is 0 Å². The highest BCUT2D eigenvalue weighted by atomic mass is 16.5. The van der Waals surface area contributed by atoms with Crippen LogP contribution >= 0.6 is 0 Å². The molecule has 0 aliphatic heterocycles. The number of rotatable bonds is 4. The summed E-state index contributed by atoms with van der Waals surface area (Å²) in [6.07, 6.45) is 4.21. The molecule has 1 heterocycles. The molecule has 1 saturated carbocycles. The Morgan fingerprint density at radius 1 is 1.61 bits per heavy atom. The standard InChI is InChI=1S/C12H17N3O3/c1-18-12(17)11-13-6-5-10(15-11)14-7-8-3-2-4-9(8)16/h5-6,8-9,16H,2-4,7H2,1H3,(H,13,14,15). The van der Waals surface area contributed by atoms with Crippen molar-refractivity contribution in [2.24, 2.45) is 5.92 Å². The lowest BCUT2D eigenvalue weighted by Gasteiger charge is -2.15. The number of aromatic nitrogens is 2. The molecule has 2 rings (SSSR count). The minimum absolute atomic E-state index is 0.0365. The summed E-state index contributed by atoms with van der Waals surface area (Å²) < 4.78 is 4.55. The van der Waals surface area contributed by atoms with Gasteiger partial charge in [0.2, 0.25) is 5.82 Å². The first-order valence-corrected chi connectivity index (χ1v) is 6.04. The number of nitrogens with one attached hydrogen (secondary N) is 1. The Kier molecular flexibility index (Phi) is 4.09. The minimum atomic E-state index is -0.556. The van der Waals surface area contributed by atoms with E-state index in [1.54, 1.807) is 6.07 Å². The minimum Gasteiger partial charge on any atom is -0.463 e. The Morgan fingerprint density at radius 2 is 2.44 bits per heavy atom. The van der Waals surface area contributed by atoms with Crippen molar-refractivity contribution in [3.05, 3.63) is 18.1 Å². The van der Waals surface area contributed by atoms with Gasteiger partial charge in [-0.3, -0.25) is 0 Å². The Hall–Kier alpha value is -1.69. The van der Waals surface area contributed by atoms with Crippen molar-refractivity contribution in [3.63, 3.8) is 0 Å². The van der Waals surface area contributed by atoms with E-state index < -0.39 is 5.97 Å². The number of carbonyl (C=O) groups is 1. The largest absolute Gasteiger partial charge is 0.463 e. The van der Waals surface area contributed by atoms with Crippen LogP contribution in [0.5, 0.6) is 0 Å². The van der Waals surface area contributed by atoms with Crippen molar-refractivity contribution in [2.45, 2.75) is 25.4 Å². The van der Waals surface area contributed by atoms with Crippen LogP contribution in [0.1, 0.15) is 29.9 Å². The van der Waals surface area contributed by atoms with E-state index in [1.807, 2.05) is 0 Å². The highest BCUT2D eigenvalue weighted by molar-refractivity contribution is 5.85. The summed E-state index contributed by atoms with van der Waals surface area (Å²) in [6.45, 7) is 0.652. The van der Waals surface area contributed by atoms with E-state index in [2.05, 4.69) is 20.0 Å². The predicted octanol–water partition coefficient (Wildman–Crippen LogP) is 0.836. The molecule has 0 bridgehead atoms. The molecule has 0 spiro atoms. The fourth-order valence-electron chi connectivity index (χ4n) is 2.14. The third-order valence-electron chi connectivity index (χ3n) is 3.19. The summed E-state index contributed by atoms with van der Waals surface area (Å²) in [5.41, 5.74) is 0. The van der Waals surface area contributed by atoms with Gasteiger partial charge < -0.3 is 15.2 Å². The van der Waals surface area contributed by atoms with Crippen molar-refractivity contribution in [2.75, 3.05) is 19.0 Å². The second kappa shape index (κ2) is 5.77. The fraction of sp³-hybridized carbons (Fsp3) is 0.583. The van der Waals surface area contributed by atoms with Gasteiger partial charge >= 0.3 is 5.97 Å². The predicted molar refractivity (Wildman–Crippen MR) is 65.2 cm³/mol. The molecular weight excluding hydrogens is 234 g/mol. The lowest BCUT2D eigenvalue weighted by molar-refractivity contribution is 0.0587. The van der Waals surface area contributed by atoms with E-state index in [9.17, 15) is 9.90 Å². The highest BCUT2D eigenvalue weighted by Crippen LogP contribution is 2.25. The Balaban J connectivity index is 1.95. The molecule has 6 heteroatoms. The molecule has 2 atom stereocenters. The molecule has 1 aromatic rings. The summed E-state index contributed by atoms with van der Waals surface area (Å²) in [7, 11) is 1.29. The molecule has 1 aliphatic carbocycles. The summed E-state index contributed by atoms with van der Waals surface area (Å²) in [5.74, 6) is 0.306. The summed E-state index contributed by atoms with van der Waals surface area (Å²) in [6, 6.07) is 1.69. The maximum atomic E-state index is 11.3. The number of esters is 1. The molecule has 18 heavy (non-hydrogen) atoms. The van der Waals surface area contributed by atoms with Crippen LogP contribution in [-0.2, 0) is 4.74 Å². The second-order valence-corrected chi connectivity index (χ2v) is 4.40. The normalized spacial score (nSPS) is 22.8. The maximum Gasteiger partial charge on any atom is 0.376 e. The average Bonchev–Trinajstić information content (AvgIpc) is 2.81. The molecule has 98 valence electrons. The molecule has 2 N–H and O–H groups in total. The summed E-state index contributed by atoms with van der Waals surface area (Å²) in [4.78, 5) is 19.1. The number of methoxy groups -OCH3 is 1. The Bertz CT molecular complexity index is 425. The number of nitrogens with zero attached hydrogens (tertiary/aromatic N) is 2. The van der Waals surface area contributed by atoms with Crippen LogP contribution in [-0.4, -0.2) is 40.8 Å². The van der Waals surface area contributed by atoms with Gasteiger partial charge in [-0.1, -0.05) is 6.42 Å². The van der Waals surface area contributed by atoms with Gasteiger partial charge in [0.1, 0.15) is 5.82 Å². The first-order chi connectivity index (χ1) is 8.70. The van der Waals surface area contributed by atoms with Gasteiger partial charge in [-0.15, -0.1) is 0 Å². The monoisotopic (exact) mass is 251 g/mol. The van der Waals surface area contributed by atoms with Crippen molar-refractivity contribution >= 4 is 11.8 Å². The Labute approximate surface area is 105 Å². The molecule has 1 aromatic heterocycles. The van der Waals surface area contributed by atoms with E-state index in [-0.39, 0.29) is 17.8 Å². The molecule has 2 unspecified atom stereocenters. The van der Waals surface area contributed by atoms with Crippen LogP contribution in [0.2, 0.25) is 0 Å². The number of carbonyl (C=O) groups excluding carboxylic acids is 1. The van der Waals surface area contributed by atoms with Crippen molar-refractivity contribution in [1.82, 2.24) is 9.97 Å². The molecule has 0 amide bonds. The lowest BCUT2D eigenvalue weighted by Crippen LogP contribution is -2.22. The van der Waals surface area contributed by atoms with E-state index in [0.29, 0.717) is 12.4 Å². The van der Waals surface area contributed by atoms with Gasteiger partial charge in [0, 0.05) is 18.7 Å². The fourth-order valence-corrected chi connectivity index (χ4v) is 2.14. The lowest BCUT2D eigenvalue weighted by atomic mass is 10.1. The van der Waals surface area contributed by atoms with Gasteiger partial charge in [-0.2, -0.15) is 0 Å². The number of ether oxygens (including phenoxy) is 1. The van der Waals surface area contributed by atoms with E-state index >= 15 is 0 Å². The average molecular weight is 251 g/mol. The SMILES string of the molecule is COC(=O)c1nccc(NCC2CCCC2O)n1. The van der Waals surface area contributed by atoms with E-state index in [1.165, 1.54) is 13.3 Å². The van der Waals surface area contributed by atoms with Gasteiger partial charge in [-0.25, -0.2) is 14.8 Å². The zero-order valence-electron chi connectivity index (χ0n) is 10.3. The second-order valence-electron chi connectivity index (χ2n) is 4.40. The highest BCUT2D eigenvalue weighted by Gasteiger charge is 2.24. The van der Waals surface area contributed by atoms with Gasteiger partial charge in [0.25, 0.3) is 0 Å². The first-order valence-electron chi connectivity index (χ1n) is 6.04. The van der Waals surface area contributed by atoms with Crippen LogP contribution in [0.3, 0.4) is 0 Å². The van der Waals surface area contributed by atoms with Crippen LogP contribution < -0.4 is 5.32 Å². The zero-order valence-corrected chi connectivity index (χ0v) is 10.3. The summed E-state index contributed by atoms with van der Waals surface area (Å²) >= 11 is 0. The number of hydrogen-bond acceptors (Lipinski definition) is 6. The molecule has 0 radical (unpaired) electrons. The molecule has 0 saturated heterocycles. The molecule has 0 aromatic carbocycles. The van der Waals surface area contributed by atoms with Crippen molar-refractivity contribution < 1.29 is 14.6 Å². The third-order valence-corrected chi connectivity index (χ3v) is 3.19. The number of aliphatic hydroxyl groups is 1. The van der Waals surface area contributed by atoms with Crippen LogP contribution in [0, 0.1) is 5.92 Å². The molecule has 1 fully saturated rings. The molecule has 6 nitrogen and oxygen atoms in total.